The molecular weight excluding hydrogens is 577 g/mol. The summed E-state index contributed by atoms with van der Waals surface area (Å²) in [7, 11) is 0. The van der Waals surface area contributed by atoms with Crippen molar-refractivity contribution in [3.8, 4) is 11.3 Å². The van der Waals surface area contributed by atoms with Crippen molar-refractivity contribution in [2.24, 2.45) is 0 Å². The van der Waals surface area contributed by atoms with Crippen LogP contribution >= 0.6 is 22.9 Å². The van der Waals surface area contributed by atoms with Gasteiger partial charge in [-0.05, 0) is 60.5 Å². The molecule has 1 amide bonds. The molecule has 0 unspecified atom stereocenters. The summed E-state index contributed by atoms with van der Waals surface area (Å²) in [4.78, 5) is 28.5. The predicted molar refractivity (Wildman–Crippen MR) is 155 cm³/mol. The zero-order valence-electron chi connectivity index (χ0n) is 20.6. The number of benzene rings is 2. The van der Waals surface area contributed by atoms with Crippen molar-refractivity contribution < 1.29 is 4.79 Å². The lowest BCUT2D eigenvalue weighted by Crippen LogP contribution is -2.41. The van der Waals surface area contributed by atoms with Crippen LogP contribution in [0.15, 0.2) is 79.3 Å². The van der Waals surface area contributed by atoms with Crippen LogP contribution in [-0.2, 0) is 6.54 Å². The molecule has 8 nitrogen and oxygen atoms in total. The number of hydrogen-bond acceptors (Lipinski definition) is 7. The lowest BCUT2D eigenvalue weighted by molar-refractivity contribution is 0.102. The molecule has 1 fully saturated rings. The second-order valence-corrected chi connectivity index (χ2v) is 10.4. The molecule has 0 radical (unpaired) electrons. The average Bonchev–Trinajstić information content (AvgIpc) is 2.93. The molecule has 37 heavy (non-hydrogen) atoms. The van der Waals surface area contributed by atoms with E-state index < -0.39 is 0 Å². The van der Waals surface area contributed by atoms with Crippen molar-refractivity contribution in [2.45, 2.75) is 13.5 Å². The molecule has 0 atom stereocenters. The molecule has 188 valence electrons. The van der Waals surface area contributed by atoms with E-state index in [4.69, 9.17) is 0 Å². The number of halogens is 1. The maximum atomic E-state index is 12.9. The Bertz CT molecular complexity index is 1360. The largest absolute Gasteiger partial charge is 0.324 e. The number of amides is 1. The number of pyridine rings is 1. The van der Waals surface area contributed by atoms with Crippen molar-refractivity contribution in [2.75, 3.05) is 36.8 Å². The van der Waals surface area contributed by atoms with Crippen LogP contribution < -0.4 is 10.6 Å². The van der Waals surface area contributed by atoms with Crippen LogP contribution in [-0.4, -0.2) is 55.1 Å². The number of carbonyl (C=O) groups is 1. The molecule has 0 aliphatic carbocycles. The molecule has 3 heterocycles. The van der Waals surface area contributed by atoms with E-state index in [1.165, 1.54) is 5.56 Å². The summed E-state index contributed by atoms with van der Waals surface area (Å²) in [5.41, 5.74) is 6.08. The monoisotopic (exact) mass is 605 g/mol. The minimum Gasteiger partial charge on any atom is -0.324 e. The van der Waals surface area contributed by atoms with Gasteiger partial charge in [-0.25, -0.2) is 13.1 Å². The van der Waals surface area contributed by atoms with E-state index in [2.05, 4.69) is 56.5 Å². The Morgan fingerprint density at radius 3 is 2.57 bits per heavy atom. The first-order valence-corrected chi connectivity index (χ1v) is 13.1. The van der Waals surface area contributed by atoms with Gasteiger partial charge < -0.3 is 10.6 Å². The van der Waals surface area contributed by atoms with Gasteiger partial charge in [0.2, 0.25) is 5.95 Å². The Hall–Kier alpha value is -3.41. The lowest BCUT2D eigenvalue weighted by Gasteiger charge is -2.31. The summed E-state index contributed by atoms with van der Waals surface area (Å²) in [6.45, 7) is 7.19. The first-order chi connectivity index (χ1) is 18.0. The standard InChI is InChI=1S/C28H28IN7O/c1-20-4-9-24(17-26(20)34-28-31-12-10-25(33-28)23-3-2-11-30-18-23)32-27(37)22-7-5-21(6-8-22)19-35-13-15-36(29)16-14-35/h2-12,17-18H,13-16,19H2,1H3,(H,32,37)(H,31,33,34). The molecule has 0 bridgehead atoms. The lowest BCUT2D eigenvalue weighted by atomic mass is 10.1. The number of carbonyl (C=O) groups excluding carboxylic acids is 1. The van der Waals surface area contributed by atoms with Crippen molar-refractivity contribution in [1.29, 1.82) is 0 Å². The third-order valence-electron chi connectivity index (χ3n) is 6.29. The third kappa shape index (κ3) is 6.68. The Labute approximate surface area is 230 Å². The summed E-state index contributed by atoms with van der Waals surface area (Å²) < 4.78 is 2.32. The SMILES string of the molecule is Cc1ccc(NC(=O)c2ccc(CN3CCN(I)CC3)cc2)cc1Nc1nccc(-c2cccnc2)n1. The number of nitrogens with one attached hydrogen (secondary N) is 2. The fraction of sp³-hybridized carbons (Fsp3) is 0.214. The van der Waals surface area contributed by atoms with Gasteiger partial charge in [0.05, 0.1) is 5.69 Å². The van der Waals surface area contributed by atoms with Crippen molar-refractivity contribution in [3.63, 3.8) is 0 Å². The summed E-state index contributed by atoms with van der Waals surface area (Å²) in [6, 6.07) is 19.3. The van der Waals surface area contributed by atoms with Gasteiger partial charge in [0.25, 0.3) is 5.91 Å². The maximum absolute atomic E-state index is 12.9. The van der Waals surface area contributed by atoms with Gasteiger partial charge in [-0.2, -0.15) is 0 Å². The highest BCUT2D eigenvalue weighted by Crippen LogP contribution is 2.25. The highest BCUT2D eigenvalue weighted by atomic mass is 127. The molecule has 1 saturated heterocycles. The number of nitrogens with zero attached hydrogens (tertiary/aromatic N) is 5. The van der Waals surface area contributed by atoms with Crippen molar-refractivity contribution in [3.05, 3.63) is 95.9 Å². The normalized spacial score (nSPS) is 14.3. The molecule has 2 N–H and O–H groups in total. The highest BCUT2D eigenvalue weighted by Gasteiger charge is 2.15. The Kier molecular flexibility index (Phi) is 8.02. The quantitative estimate of drug-likeness (QED) is 0.218. The number of piperazine rings is 1. The summed E-state index contributed by atoms with van der Waals surface area (Å²) in [6.07, 6.45) is 5.22. The predicted octanol–water partition coefficient (Wildman–Crippen LogP) is 5.31. The first-order valence-electron chi connectivity index (χ1n) is 12.2. The van der Waals surface area contributed by atoms with Gasteiger partial charge in [-0.3, -0.25) is 14.7 Å². The fourth-order valence-electron chi connectivity index (χ4n) is 4.15. The van der Waals surface area contributed by atoms with E-state index in [9.17, 15) is 4.79 Å². The van der Waals surface area contributed by atoms with Gasteiger partial charge >= 0.3 is 0 Å². The zero-order chi connectivity index (χ0) is 25.6. The minimum absolute atomic E-state index is 0.144. The summed E-state index contributed by atoms with van der Waals surface area (Å²) >= 11 is 2.38. The second-order valence-electron chi connectivity index (χ2n) is 9.00. The Balaban J connectivity index is 1.24. The molecule has 5 rings (SSSR count). The molecule has 1 aliphatic heterocycles. The third-order valence-corrected chi connectivity index (χ3v) is 7.26. The number of anilines is 3. The Morgan fingerprint density at radius 2 is 1.81 bits per heavy atom. The molecule has 2 aromatic carbocycles. The van der Waals surface area contributed by atoms with E-state index >= 15 is 0 Å². The second kappa shape index (κ2) is 11.8. The van der Waals surface area contributed by atoms with Gasteiger partial charge in [-0.15, -0.1) is 0 Å². The van der Waals surface area contributed by atoms with Gasteiger partial charge in [0.1, 0.15) is 0 Å². The van der Waals surface area contributed by atoms with E-state index in [0.29, 0.717) is 17.2 Å². The number of aryl methyl sites for hydroxylation is 1. The minimum atomic E-state index is -0.144. The van der Waals surface area contributed by atoms with Gasteiger partial charge in [0, 0.05) is 96.7 Å². The van der Waals surface area contributed by atoms with Crippen LogP contribution in [0.3, 0.4) is 0 Å². The molecule has 0 spiro atoms. The Morgan fingerprint density at radius 1 is 1.00 bits per heavy atom. The van der Waals surface area contributed by atoms with Crippen molar-refractivity contribution in [1.82, 2.24) is 23.0 Å². The van der Waals surface area contributed by atoms with Gasteiger partial charge in [-0.1, -0.05) is 18.2 Å². The van der Waals surface area contributed by atoms with Gasteiger partial charge in [0.15, 0.2) is 0 Å². The van der Waals surface area contributed by atoms with E-state index in [1.54, 1.807) is 18.6 Å². The first kappa shape index (κ1) is 25.2. The van der Waals surface area contributed by atoms with E-state index in [-0.39, 0.29) is 5.91 Å². The number of rotatable bonds is 7. The number of aromatic nitrogens is 3. The zero-order valence-corrected chi connectivity index (χ0v) is 22.7. The summed E-state index contributed by atoms with van der Waals surface area (Å²) in [5, 5.41) is 6.29. The average molecular weight is 605 g/mol. The number of hydrogen-bond donors (Lipinski definition) is 2. The molecule has 1 aliphatic rings. The highest BCUT2D eigenvalue weighted by molar-refractivity contribution is 14.1. The van der Waals surface area contributed by atoms with Crippen LogP contribution in [0.5, 0.6) is 0 Å². The van der Waals surface area contributed by atoms with E-state index in [1.807, 2.05) is 67.6 Å². The van der Waals surface area contributed by atoms with Crippen LogP contribution in [0.4, 0.5) is 17.3 Å². The maximum Gasteiger partial charge on any atom is 0.255 e. The topological polar surface area (TPSA) is 86.3 Å². The summed E-state index contributed by atoms with van der Waals surface area (Å²) in [5.74, 6) is 0.332. The van der Waals surface area contributed by atoms with Crippen LogP contribution in [0.2, 0.25) is 0 Å². The van der Waals surface area contributed by atoms with Crippen LogP contribution in [0, 0.1) is 6.92 Å². The van der Waals surface area contributed by atoms with Crippen LogP contribution in [0.25, 0.3) is 11.3 Å². The molecule has 9 heteroatoms. The molecule has 0 saturated carbocycles. The van der Waals surface area contributed by atoms with Crippen molar-refractivity contribution >= 4 is 46.1 Å². The molecule has 2 aromatic heterocycles. The molecular formula is C28H28IN7O. The van der Waals surface area contributed by atoms with E-state index in [0.717, 1.165) is 55.2 Å². The molecule has 4 aromatic rings. The fourth-order valence-corrected chi connectivity index (χ4v) is 4.58. The van der Waals surface area contributed by atoms with Crippen LogP contribution in [0.1, 0.15) is 21.5 Å². The smallest absolute Gasteiger partial charge is 0.255 e.